The van der Waals surface area contributed by atoms with Crippen molar-refractivity contribution in [3.05, 3.63) is 30.3 Å². The summed E-state index contributed by atoms with van der Waals surface area (Å²) in [4.78, 5) is 9.34. The Bertz CT molecular complexity index is 295. The zero-order valence-electron chi connectivity index (χ0n) is 14.9. The quantitative estimate of drug-likeness (QED) is 0.308. The predicted octanol–water partition coefficient (Wildman–Crippen LogP) is -0.652. The van der Waals surface area contributed by atoms with Crippen LogP contribution in [0.2, 0.25) is 0 Å². The minimum Gasteiger partial charge on any atom is -0.369 e. The van der Waals surface area contributed by atoms with Crippen molar-refractivity contribution in [2.24, 2.45) is 0 Å². The molecule has 1 aromatic rings. The van der Waals surface area contributed by atoms with Crippen molar-refractivity contribution in [3.8, 4) is 0 Å². The number of aliphatic carboxylic acids is 1. The average Bonchev–Trinajstić information content (AvgIpc) is 2.43. The molecule has 0 spiro atoms. The molecule has 8 heteroatoms. The zero-order chi connectivity index (χ0) is 18.4. The van der Waals surface area contributed by atoms with Crippen LogP contribution in [0.3, 0.4) is 0 Å². The number of hydrogen-bond acceptors (Lipinski definition) is 6. The molecule has 1 rings (SSSR count). The summed E-state index contributed by atoms with van der Waals surface area (Å²) >= 11 is 0.810. The maximum Gasteiger partial charge on any atom is -0.369 e. The zero-order valence-corrected chi connectivity index (χ0v) is 20.4. The molecule has 1 atom stereocenters. The molecule has 1 aromatic carbocycles. The van der Waals surface area contributed by atoms with Crippen molar-refractivity contribution in [2.45, 2.75) is 33.8 Å². The molecule has 0 aliphatic carbocycles. The number of hydrogen-bond donors (Lipinski definition) is 5. The van der Waals surface area contributed by atoms with Gasteiger partial charge in [-0.15, -0.1) is 0 Å². The van der Waals surface area contributed by atoms with Crippen LogP contribution >= 0.6 is 0 Å². The summed E-state index contributed by atoms with van der Waals surface area (Å²) in [6, 6.07) is 10.6. The van der Waals surface area contributed by atoms with Gasteiger partial charge in [0.2, 0.25) is 0 Å². The first-order valence-corrected chi connectivity index (χ1v) is 9.62. The van der Waals surface area contributed by atoms with E-state index in [0.29, 0.717) is 0 Å². The van der Waals surface area contributed by atoms with E-state index in [9.17, 15) is 9.90 Å². The van der Waals surface area contributed by atoms with Gasteiger partial charge < -0.3 is 36.5 Å². The van der Waals surface area contributed by atoms with Crippen LogP contribution < -0.4 is 14.3 Å². The van der Waals surface area contributed by atoms with Gasteiger partial charge in [-0.05, 0) is 27.7 Å². The fourth-order valence-corrected chi connectivity index (χ4v) is 1.54. The van der Waals surface area contributed by atoms with E-state index in [2.05, 4.69) is 30.3 Å². The standard InChI is InChI=1S/C6H5.C3H6O3.3C2H6O.Hg.H3N/c1-2-4-6-5-3-1;1-2(4)3(5)6;3*1-2-3;;/h1-5H;2,4H,1H3,(H,5,6);3*3H,2H2,1H3;;1H3. The van der Waals surface area contributed by atoms with Crippen molar-refractivity contribution in [1.82, 2.24) is 6.15 Å². The van der Waals surface area contributed by atoms with E-state index in [1.807, 2.05) is 0 Å². The van der Waals surface area contributed by atoms with Gasteiger partial charge in [0.05, 0.1) is 12.1 Å². The van der Waals surface area contributed by atoms with E-state index in [1.54, 1.807) is 20.8 Å². The van der Waals surface area contributed by atoms with Crippen molar-refractivity contribution in [1.29, 1.82) is 0 Å². The molecule has 0 aliphatic rings. The molecule has 0 saturated heterocycles. The topological polar surface area (TPSA) is 158 Å². The van der Waals surface area contributed by atoms with Gasteiger partial charge >= 0.3 is 59.5 Å². The van der Waals surface area contributed by atoms with Crippen LogP contribution in [0, 0.1) is 0 Å². The molecular formula is C15H32HgNO6. The predicted molar refractivity (Wildman–Crippen MR) is 87.0 cm³/mol. The van der Waals surface area contributed by atoms with E-state index in [4.69, 9.17) is 20.4 Å². The number of carboxylic acids is 1. The van der Waals surface area contributed by atoms with Gasteiger partial charge in [0.25, 0.3) is 0 Å². The van der Waals surface area contributed by atoms with Gasteiger partial charge in [0, 0.05) is 19.8 Å². The fourth-order valence-electron chi connectivity index (χ4n) is 0.478. The largest absolute Gasteiger partial charge is 0.369 e. The number of carbonyl (C=O) groups excluding carboxylic acids is 1. The maximum absolute atomic E-state index is 9.34. The van der Waals surface area contributed by atoms with Crippen molar-refractivity contribution >= 4 is 9.04 Å². The second kappa shape index (κ2) is 33.1. The molecule has 8 N–H and O–H groups in total. The number of carbonyl (C=O) groups is 1. The van der Waals surface area contributed by atoms with Crippen LogP contribution in [0.1, 0.15) is 27.7 Å². The Hall–Kier alpha value is -0.575. The SMILES string of the molecule is CC(O)C(=O)[O-].CCO.CCO.CCO.[Hg][c]1ccccc1.[NH4+]. The second-order valence-electron chi connectivity index (χ2n) is 3.43. The summed E-state index contributed by atoms with van der Waals surface area (Å²) in [5, 5.41) is 40.0. The summed E-state index contributed by atoms with van der Waals surface area (Å²) in [6.07, 6.45) is -1.34. The van der Waals surface area contributed by atoms with Crippen LogP contribution in [0.15, 0.2) is 30.3 Å². The first-order valence-electron chi connectivity index (χ1n) is 6.87. The van der Waals surface area contributed by atoms with Gasteiger partial charge in [0.15, 0.2) is 0 Å². The van der Waals surface area contributed by atoms with E-state index >= 15 is 0 Å². The first-order chi connectivity index (χ1) is 10.3. The molecule has 0 aliphatic heterocycles. The van der Waals surface area contributed by atoms with Crippen LogP contribution in [0.5, 0.6) is 0 Å². The molecule has 23 heavy (non-hydrogen) atoms. The van der Waals surface area contributed by atoms with Crippen molar-refractivity contribution in [3.63, 3.8) is 0 Å². The molecule has 7 nitrogen and oxygen atoms in total. The van der Waals surface area contributed by atoms with E-state index in [0.717, 1.165) is 33.0 Å². The molecule has 1 unspecified atom stereocenters. The number of aliphatic hydroxyl groups is 4. The molecule has 0 saturated carbocycles. The van der Waals surface area contributed by atoms with Crippen molar-refractivity contribution < 1.29 is 56.4 Å². The van der Waals surface area contributed by atoms with Crippen LogP contribution in [0.25, 0.3) is 0 Å². The van der Waals surface area contributed by atoms with Crippen molar-refractivity contribution in [2.75, 3.05) is 19.8 Å². The minimum atomic E-state index is -1.44. The van der Waals surface area contributed by atoms with Crippen LogP contribution in [-0.4, -0.2) is 52.3 Å². The molecular weight excluding hydrogens is 491 g/mol. The van der Waals surface area contributed by atoms with E-state index in [-0.39, 0.29) is 26.0 Å². The minimum absolute atomic E-state index is 0. The smallest absolute Gasteiger partial charge is 0.369 e. The second-order valence-corrected chi connectivity index (χ2v) is 6.60. The monoisotopic (exact) mass is 524 g/mol. The molecule has 0 bridgehead atoms. The number of carboxylic acid groups (broad SMARTS) is 1. The first kappa shape index (κ1) is 33.9. The Morgan fingerprint density at radius 1 is 1.04 bits per heavy atom. The Kier molecular flexibility index (Phi) is 48.8. The van der Waals surface area contributed by atoms with Crippen LogP contribution in [-0.2, 0) is 30.9 Å². The average molecular weight is 523 g/mol. The summed E-state index contributed by atoms with van der Waals surface area (Å²) in [6.45, 7) is 6.93. The Balaban J connectivity index is -0.0000000619. The molecule has 0 heterocycles. The normalized spacial score (nSPS) is 8.61. The number of rotatable bonds is 1. The van der Waals surface area contributed by atoms with Gasteiger partial charge in [0.1, 0.15) is 0 Å². The Morgan fingerprint density at radius 3 is 1.35 bits per heavy atom. The Labute approximate surface area is 155 Å². The third-order valence-corrected chi connectivity index (χ3v) is 3.02. The Morgan fingerprint density at radius 2 is 1.26 bits per heavy atom. The number of aliphatic hydroxyl groups excluding tert-OH is 4. The van der Waals surface area contributed by atoms with E-state index in [1.165, 1.54) is 3.07 Å². The van der Waals surface area contributed by atoms with E-state index < -0.39 is 12.1 Å². The molecule has 0 aromatic heterocycles. The molecule has 0 radical (unpaired) electrons. The fraction of sp³-hybridized carbons (Fsp3) is 0.533. The summed E-state index contributed by atoms with van der Waals surface area (Å²) in [5.74, 6) is -1.44. The molecule has 0 fully saturated rings. The van der Waals surface area contributed by atoms with Gasteiger partial charge in [-0.3, -0.25) is 0 Å². The summed E-state index contributed by atoms with van der Waals surface area (Å²) < 4.78 is 1.52. The molecule has 0 amide bonds. The van der Waals surface area contributed by atoms with Gasteiger partial charge in [-0.25, -0.2) is 0 Å². The van der Waals surface area contributed by atoms with Gasteiger partial charge in [-0.2, -0.15) is 0 Å². The molecule has 135 valence electrons. The number of quaternary nitrogens is 1. The summed E-state index contributed by atoms with van der Waals surface area (Å²) in [7, 11) is 0. The third-order valence-electron chi connectivity index (χ3n) is 1.18. The van der Waals surface area contributed by atoms with Crippen LogP contribution in [0.4, 0.5) is 0 Å². The maximum atomic E-state index is 9.34. The van der Waals surface area contributed by atoms with Gasteiger partial charge in [-0.1, -0.05) is 0 Å². The third kappa shape index (κ3) is 61.9. The summed E-state index contributed by atoms with van der Waals surface area (Å²) in [5.41, 5.74) is 0. The number of benzene rings is 1.